The summed E-state index contributed by atoms with van der Waals surface area (Å²) in [6, 6.07) is 12.2. The van der Waals surface area contributed by atoms with Crippen molar-refractivity contribution in [3.8, 4) is 0 Å². The Labute approximate surface area is 183 Å². The number of rotatable bonds is 6. The number of halogens is 5. The van der Waals surface area contributed by atoms with Crippen LogP contribution in [0.4, 0.5) is 24.5 Å². The molecule has 0 unspecified atom stereocenters. The molecular formula is C21H22Cl2F3N3O. The molecular weight excluding hydrogens is 438 g/mol. The predicted molar refractivity (Wildman–Crippen MR) is 115 cm³/mol. The van der Waals surface area contributed by atoms with Gasteiger partial charge in [0.05, 0.1) is 17.8 Å². The third kappa shape index (κ3) is 6.27. The van der Waals surface area contributed by atoms with Crippen molar-refractivity contribution >= 4 is 40.5 Å². The molecule has 0 spiro atoms. The molecule has 4 nitrogen and oxygen atoms in total. The van der Waals surface area contributed by atoms with Crippen molar-refractivity contribution < 1.29 is 18.0 Å². The average Bonchev–Trinajstić information content (AvgIpc) is 2.73. The van der Waals surface area contributed by atoms with E-state index in [9.17, 15) is 18.0 Å². The zero-order valence-electron chi connectivity index (χ0n) is 16.2. The van der Waals surface area contributed by atoms with Gasteiger partial charge in [0.15, 0.2) is 0 Å². The third-order valence-corrected chi connectivity index (χ3v) is 5.55. The fourth-order valence-corrected chi connectivity index (χ4v) is 3.65. The van der Waals surface area contributed by atoms with Crippen LogP contribution in [-0.4, -0.2) is 49.7 Å². The fraction of sp³-hybridized carbons (Fsp3) is 0.381. The van der Waals surface area contributed by atoms with Gasteiger partial charge in [0.25, 0.3) is 5.91 Å². The van der Waals surface area contributed by atoms with Gasteiger partial charge in [-0.2, -0.15) is 13.2 Å². The molecule has 0 aliphatic carbocycles. The van der Waals surface area contributed by atoms with Crippen LogP contribution in [0.1, 0.15) is 22.3 Å². The van der Waals surface area contributed by atoms with Crippen molar-refractivity contribution in [1.29, 1.82) is 0 Å². The van der Waals surface area contributed by atoms with Gasteiger partial charge in [0.2, 0.25) is 0 Å². The van der Waals surface area contributed by atoms with Crippen LogP contribution >= 0.6 is 23.2 Å². The number of alkyl halides is 4. The zero-order chi connectivity index (χ0) is 21.7. The second kappa shape index (κ2) is 9.90. The smallest absolute Gasteiger partial charge is 0.367 e. The lowest BCUT2D eigenvalue weighted by Crippen LogP contribution is -2.47. The number of nitrogens with one attached hydrogen (secondary N) is 1. The van der Waals surface area contributed by atoms with Crippen LogP contribution in [0.5, 0.6) is 0 Å². The maximum absolute atomic E-state index is 12.7. The van der Waals surface area contributed by atoms with Gasteiger partial charge in [-0.05, 0) is 35.9 Å². The summed E-state index contributed by atoms with van der Waals surface area (Å²) in [5.41, 5.74) is 2.78. The molecule has 2 aromatic rings. The molecule has 0 saturated carbocycles. The van der Waals surface area contributed by atoms with Crippen molar-refractivity contribution in [2.45, 2.75) is 18.5 Å². The summed E-state index contributed by atoms with van der Waals surface area (Å²) in [6.07, 6.45) is -4.96. The molecule has 162 valence electrons. The second-order valence-corrected chi connectivity index (χ2v) is 7.84. The largest absolute Gasteiger partial charge is 0.390 e. The number of benzene rings is 2. The van der Waals surface area contributed by atoms with E-state index in [1.807, 2.05) is 4.90 Å². The van der Waals surface area contributed by atoms with Crippen LogP contribution in [-0.2, 0) is 5.88 Å². The molecule has 1 amide bonds. The molecule has 0 aromatic heterocycles. The van der Waals surface area contributed by atoms with Crippen molar-refractivity contribution in [1.82, 2.24) is 4.90 Å². The summed E-state index contributed by atoms with van der Waals surface area (Å²) < 4.78 is 37.4. The van der Waals surface area contributed by atoms with Crippen LogP contribution in [0.3, 0.4) is 0 Å². The maximum atomic E-state index is 12.7. The van der Waals surface area contributed by atoms with E-state index in [2.05, 4.69) is 5.32 Å². The highest BCUT2D eigenvalue weighted by molar-refractivity contribution is 6.31. The molecule has 1 aliphatic heterocycles. The van der Waals surface area contributed by atoms with Gasteiger partial charge >= 0.3 is 6.18 Å². The number of hydrogen-bond donors (Lipinski definition) is 1. The molecule has 1 heterocycles. The molecule has 1 N–H and O–H groups in total. The van der Waals surface area contributed by atoms with E-state index in [-0.39, 0.29) is 12.5 Å². The highest BCUT2D eigenvalue weighted by Crippen LogP contribution is 2.31. The van der Waals surface area contributed by atoms with Crippen LogP contribution in [0, 0.1) is 0 Å². The van der Waals surface area contributed by atoms with Crippen molar-refractivity contribution in [3.05, 3.63) is 58.6 Å². The van der Waals surface area contributed by atoms with Gasteiger partial charge < -0.3 is 10.2 Å². The summed E-state index contributed by atoms with van der Waals surface area (Å²) >= 11 is 11.9. The first-order chi connectivity index (χ1) is 14.2. The van der Waals surface area contributed by atoms with Gasteiger partial charge in [0, 0.05) is 49.2 Å². The van der Waals surface area contributed by atoms with Crippen molar-refractivity contribution in [2.24, 2.45) is 0 Å². The number of hydrogen-bond acceptors (Lipinski definition) is 3. The number of piperazine rings is 1. The minimum absolute atomic E-state index is 0.00518. The Hall–Kier alpha value is -1.96. The molecule has 9 heteroatoms. The lowest BCUT2D eigenvalue weighted by Gasteiger charge is -2.37. The molecule has 1 fully saturated rings. The molecule has 0 atom stereocenters. The van der Waals surface area contributed by atoms with E-state index in [4.69, 9.17) is 23.2 Å². The Morgan fingerprint density at radius 1 is 1.03 bits per heavy atom. The summed E-state index contributed by atoms with van der Waals surface area (Å²) in [5.74, 6) is 0.113. The van der Waals surface area contributed by atoms with Crippen molar-refractivity contribution in [2.75, 3.05) is 42.9 Å². The summed E-state index contributed by atoms with van der Waals surface area (Å²) in [4.78, 5) is 16.5. The first kappa shape index (κ1) is 22.7. The Kier molecular flexibility index (Phi) is 7.50. The van der Waals surface area contributed by atoms with E-state index >= 15 is 0 Å². The molecule has 3 rings (SSSR count). The lowest BCUT2D eigenvalue weighted by atomic mass is 10.1. The summed E-state index contributed by atoms with van der Waals surface area (Å²) in [7, 11) is 0. The van der Waals surface area contributed by atoms with Crippen LogP contribution in [0.25, 0.3) is 0 Å². The Morgan fingerprint density at radius 2 is 1.70 bits per heavy atom. The number of amides is 1. The number of anilines is 2. The van der Waals surface area contributed by atoms with E-state index in [1.54, 1.807) is 47.4 Å². The van der Waals surface area contributed by atoms with Gasteiger partial charge in [-0.15, -0.1) is 11.6 Å². The molecule has 2 aromatic carbocycles. The first-order valence-corrected chi connectivity index (χ1v) is 10.5. The molecule has 30 heavy (non-hydrogen) atoms. The SMILES string of the molecule is O=C(Nc1ccc(Cl)cc1N1CCN(CCC(F)(F)F)CC1)c1ccc(CCl)cc1. The average molecular weight is 460 g/mol. The maximum Gasteiger partial charge on any atom is 0.390 e. The second-order valence-electron chi connectivity index (χ2n) is 7.14. The minimum atomic E-state index is -4.15. The quantitative estimate of drug-likeness (QED) is 0.586. The molecule has 0 bridgehead atoms. The highest BCUT2D eigenvalue weighted by atomic mass is 35.5. The minimum Gasteiger partial charge on any atom is -0.367 e. The van der Waals surface area contributed by atoms with Gasteiger partial charge in [-0.25, -0.2) is 0 Å². The van der Waals surface area contributed by atoms with Crippen molar-refractivity contribution in [3.63, 3.8) is 0 Å². The Bertz CT molecular complexity index is 867. The first-order valence-electron chi connectivity index (χ1n) is 9.55. The Balaban J connectivity index is 1.67. The number of nitrogens with zero attached hydrogens (tertiary/aromatic N) is 2. The highest BCUT2D eigenvalue weighted by Gasteiger charge is 2.29. The number of carbonyl (C=O) groups is 1. The van der Waals surface area contributed by atoms with Crippen LogP contribution in [0.15, 0.2) is 42.5 Å². The van der Waals surface area contributed by atoms with Crippen LogP contribution in [0.2, 0.25) is 5.02 Å². The van der Waals surface area contributed by atoms with E-state index in [0.717, 1.165) is 11.3 Å². The normalized spacial score (nSPS) is 15.3. The monoisotopic (exact) mass is 459 g/mol. The van der Waals surface area contributed by atoms with E-state index < -0.39 is 12.6 Å². The van der Waals surface area contributed by atoms with E-state index in [1.165, 1.54) is 0 Å². The summed E-state index contributed by atoms with van der Waals surface area (Å²) in [6.45, 7) is 2.11. The molecule has 1 aliphatic rings. The van der Waals surface area contributed by atoms with E-state index in [0.29, 0.717) is 48.3 Å². The summed E-state index contributed by atoms with van der Waals surface area (Å²) in [5, 5.41) is 3.43. The number of carbonyl (C=O) groups excluding carboxylic acids is 1. The third-order valence-electron chi connectivity index (χ3n) is 5.00. The molecule has 1 saturated heterocycles. The standard InChI is InChI=1S/C21H22Cl2F3N3O/c22-14-15-1-3-16(4-2-15)20(30)27-18-6-5-17(23)13-19(18)29-11-9-28(10-12-29)8-7-21(24,25)26/h1-6,13H,7-12,14H2,(H,27,30). The molecule has 0 radical (unpaired) electrons. The Morgan fingerprint density at radius 3 is 2.30 bits per heavy atom. The fourth-order valence-electron chi connectivity index (χ4n) is 3.31. The predicted octanol–water partition coefficient (Wildman–Crippen LogP) is 5.41. The van der Waals surface area contributed by atoms with Gasteiger partial charge in [-0.1, -0.05) is 23.7 Å². The lowest BCUT2D eigenvalue weighted by molar-refractivity contribution is -0.138. The zero-order valence-corrected chi connectivity index (χ0v) is 17.7. The topological polar surface area (TPSA) is 35.6 Å². The van der Waals surface area contributed by atoms with Gasteiger partial charge in [-0.3, -0.25) is 9.69 Å². The van der Waals surface area contributed by atoms with Gasteiger partial charge in [0.1, 0.15) is 0 Å². The van der Waals surface area contributed by atoms with Crippen LogP contribution < -0.4 is 10.2 Å².